The molecule has 0 bridgehead atoms. The van der Waals surface area contributed by atoms with Gasteiger partial charge in [-0.05, 0) is 61.4 Å². The van der Waals surface area contributed by atoms with E-state index in [9.17, 15) is 14.0 Å². The molecule has 3 aromatic rings. The number of carbonyl (C=O) groups is 2. The number of anilines is 2. The van der Waals surface area contributed by atoms with Gasteiger partial charge >= 0.3 is 0 Å². The number of para-hydroxylation sites is 1. The second-order valence-electron chi connectivity index (χ2n) is 8.01. The second kappa shape index (κ2) is 7.32. The molecule has 2 heterocycles. The van der Waals surface area contributed by atoms with E-state index in [0.717, 1.165) is 27.3 Å². The maximum Gasteiger partial charge on any atom is 0.266 e. The van der Waals surface area contributed by atoms with Crippen LogP contribution in [0.25, 0.3) is 0 Å². The Bertz CT molecular complexity index is 1160. The molecule has 0 spiro atoms. The molecule has 0 aliphatic carbocycles. The number of benzene rings is 3. The molecular weight excluding hydrogens is 395 g/mol. The normalized spacial score (nSPS) is 22.9. The Labute approximate surface area is 179 Å². The Hall–Kier alpha value is -3.51. The molecule has 156 valence electrons. The number of hydrogen-bond donors (Lipinski definition) is 0. The average Bonchev–Trinajstić information content (AvgIpc) is 3.26. The minimum absolute atomic E-state index is 0.343. The Balaban J connectivity index is 1.61. The van der Waals surface area contributed by atoms with Crippen molar-refractivity contribution in [2.24, 2.45) is 5.92 Å². The second-order valence-corrected chi connectivity index (χ2v) is 8.01. The molecule has 2 amide bonds. The van der Waals surface area contributed by atoms with Crippen molar-refractivity contribution in [1.82, 2.24) is 0 Å². The van der Waals surface area contributed by atoms with Crippen molar-refractivity contribution in [1.29, 1.82) is 0 Å². The summed E-state index contributed by atoms with van der Waals surface area (Å²) in [6, 6.07) is 20.4. The van der Waals surface area contributed by atoms with Crippen LogP contribution >= 0.6 is 0 Å². The fourth-order valence-electron chi connectivity index (χ4n) is 4.53. The van der Waals surface area contributed by atoms with Gasteiger partial charge in [0.2, 0.25) is 5.91 Å². The van der Waals surface area contributed by atoms with Crippen molar-refractivity contribution in [3.05, 3.63) is 95.3 Å². The monoisotopic (exact) mass is 416 g/mol. The predicted octanol–water partition coefficient (Wildman–Crippen LogP) is 4.49. The molecule has 2 aliphatic heterocycles. The lowest BCUT2D eigenvalue weighted by atomic mass is 9.87. The SMILES string of the molecule is Cc1ccc([C@@H]2[C@@H]3C(=O)N(c4ccc(F)cc4)C(=O)[C@H]3ON2c2ccccc2)c(C)c1. The van der Waals surface area contributed by atoms with E-state index < -0.39 is 29.8 Å². The summed E-state index contributed by atoms with van der Waals surface area (Å²) in [7, 11) is 0. The summed E-state index contributed by atoms with van der Waals surface area (Å²) in [4.78, 5) is 34.0. The van der Waals surface area contributed by atoms with E-state index in [-0.39, 0.29) is 5.91 Å². The molecule has 2 aliphatic rings. The van der Waals surface area contributed by atoms with E-state index in [4.69, 9.17) is 4.84 Å². The number of aryl methyl sites for hydroxylation is 2. The summed E-state index contributed by atoms with van der Waals surface area (Å²) in [6.07, 6.45) is -0.941. The summed E-state index contributed by atoms with van der Waals surface area (Å²) < 4.78 is 13.4. The highest BCUT2D eigenvalue weighted by molar-refractivity contribution is 6.23. The Morgan fingerprint density at radius 1 is 0.839 bits per heavy atom. The molecule has 5 rings (SSSR count). The van der Waals surface area contributed by atoms with Crippen LogP contribution in [-0.4, -0.2) is 17.9 Å². The highest BCUT2D eigenvalue weighted by atomic mass is 19.1. The summed E-state index contributed by atoms with van der Waals surface area (Å²) in [6.45, 7) is 4.01. The molecule has 0 radical (unpaired) electrons. The van der Waals surface area contributed by atoms with Gasteiger partial charge in [-0.2, -0.15) is 0 Å². The van der Waals surface area contributed by atoms with Crippen molar-refractivity contribution in [2.45, 2.75) is 26.0 Å². The minimum atomic E-state index is -0.941. The molecule has 3 atom stereocenters. The van der Waals surface area contributed by atoms with E-state index >= 15 is 0 Å². The van der Waals surface area contributed by atoms with Gasteiger partial charge < -0.3 is 0 Å². The van der Waals surface area contributed by atoms with Crippen LogP contribution in [0.2, 0.25) is 0 Å². The van der Waals surface area contributed by atoms with Crippen LogP contribution in [-0.2, 0) is 14.4 Å². The summed E-state index contributed by atoms with van der Waals surface area (Å²) in [5, 5.41) is 1.69. The molecular formula is C25H21FN2O3. The van der Waals surface area contributed by atoms with E-state index in [1.54, 1.807) is 5.06 Å². The zero-order valence-corrected chi connectivity index (χ0v) is 17.2. The van der Waals surface area contributed by atoms with Crippen LogP contribution in [0.4, 0.5) is 15.8 Å². The van der Waals surface area contributed by atoms with E-state index in [1.807, 2.05) is 56.3 Å². The Morgan fingerprint density at radius 2 is 1.55 bits per heavy atom. The van der Waals surface area contributed by atoms with Gasteiger partial charge in [-0.25, -0.2) is 14.4 Å². The molecule has 6 heteroatoms. The van der Waals surface area contributed by atoms with Crippen molar-refractivity contribution in [3.63, 3.8) is 0 Å². The molecule has 3 aromatic carbocycles. The van der Waals surface area contributed by atoms with Crippen molar-refractivity contribution >= 4 is 23.2 Å². The number of nitrogens with zero attached hydrogens (tertiary/aromatic N) is 2. The third kappa shape index (κ3) is 3.11. The molecule has 0 aromatic heterocycles. The molecule has 31 heavy (non-hydrogen) atoms. The summed E-state index contributed by atoms with van der Waals surface area (Å²) >= 11 is 0. The van der Waals surface area contributed by atoms with Crippen LogP contribution in [0.15, 0.2) is 72.8 Å². The average molecular weight is 416 g/mol. The Morgan fingerprint density at radius 3 is 2.23 bits per heavy atom. The molecule has 0 unspecified atom stereocenters. The topological polar surface area (TPSA) is 49.9 Å². The number of fused-ring (bicyclic) bond motifs is 1. The van der Waals surface area contributed by atoms with E-state index in [1.165, 1.54) is 24.3 Å². The summed E-state index contributed by atoms with van der Waals surface area (Å²) in [5.41, 5.74) is 4.19. The van der Waals surface area contributed by atoms with Crippen molar-refractivity contribution in [2.75, 3.05) is 9.96 Å². The first-order valence-electron chi connectivity index (χ1n) is 10.2. The van der Waals surface area contributed by atoms with Gasteiger partial charge in [-0.1, -0.05) is 42.0 Å². The van der Waals surface area contributed by atoms with E-state index in [2.05, 4.69) is 6.07 Å². The first-order valence-corrected chi connectivity index (χ1v) is 10.2. The highest BCUT2D eigenvalue weighted by Crippen LogP contribution is 2.48. The highest BCUT2D eigenvalue weighted by Gasteiger charge is 2.60. The fourth-order valence-corrected chi connectivity index (χ4v) is 4.53. The maximum atomic E-state index is 13.5. The number of halogens is 1. The van der Waals surface area contributed by atoms with Crippen LogP contribution in [0.1, 0.15) is 22.7 Å². The number of carbonyl (C=O) groups excluding carboxylic acids is 2. The van der Waals surface area contributed by atoms with Crippen LogP contribution in [0, 0.1) is 25.6 Å². The quantitative estimate of drug-likeness (QED) is 0.590. The standard InChI is InChI=1S/C25H21FN2O3/c1-15-8-13-20(16(2)14-15)22-21-23(31-28(22)19-6-4-3-5-7-19)25(30)27(24(21)29)18-11-9-17(26)10-12-18/h3-14,21-23H,1-2H3/t21-,22+,23-/m0/s1. The van der Waals surface area contributed by atoms with Gasteiger partial charge in [0.1, 0.15) is 11.7 Å². The van der Waals surface area contributed by atoms with Gasteiger partial charge in [0.05, 0.1) is 17.4 Å². The summed E-state index contributed by atoms with van der Waals surface area (Å²) in [5.74, 6) is -1.92. The number of hydroxylamine groups is 1. The lowest BCUT2D eigenvalue weighted by Crippen LogP contribution is -2.37. The van der Waals surface area contributed by atoms with Gasteiger partial charge in [0.25, 0.3) is 5.91 Å². The largest absolute Gasteiger partial charge is 0.273 e. The van der Waals surface area contributed by atoms with Gasteiger partial charge in [-0.15, -0.1) is 0 Å². The van der Waals surface area contributed by atoms with Crippen LogP contribution in [0.3, 0.4) is 0 Å². The fraction of sp³-hybridized carbons (Fsp3) is 0.200. The lowest BCUT2D eigenvalue weighted by molar-refractivity contribution is -0.126. The van der Waals surface area contributed by atoms with Gasteiger partial charge in [-0.3, -0.25) is 14.4 Å². The smallest absolute Gasteiger partial charge is 0.266 e. The van der Waals surface area contributed by atoms with E-state index in [0.29, 0.717) is 5.69 Å². The lowest BCUT2D eigenvalue weighted by Gasteiger charge is -2.29. The first-order chi connectivity index (χ1) is 15.0. The number of amides is 2. The predicted molar refractivity (Wildman–Crippen MR) is 115 cm³/mol. The molecule has 2 fully saturated rings. The number of rotatable bonds is 3. The Kier molecular flexibility index (Phi) is 4.59. The number of imide groups is 1. The van der Waals surface area contributed by atoms with Gasteiger partial charge in [0.15, 0.2) is 6.10 Å². The third-order valence-electron chi connectivity index (χ3n) is 5.95. The van der Waals surface area contributed by atoms with Crippen LogP contribution < -0.4 is 9.96 Å². The molecule has 2 saturated heterocycles. The first kappa shape index (κ1) is 19.5. The van der Waals surface area contributed by atoms with Gasteiger partial charge in [0, 0.05) is 0 Å². The van der Waals surface area contributed by atoms with Crippen molar-refractivity contribution in [3.8, 4) is 0 Å². The maximum absolute atomic E-state index is 13.5. The number of hydrogen-bond acceptors (Lipinski definition) is 4. The zero-order chi connectivity index (χ0) is 21.7. The van der Waals surface area contributed by atoms with Crippen LogP contribution in [0.5, 0.6) is 0 Å². The molecule has 5 nitrogen and oxygen atoms in total. The van der Waals surface area contributed by atoms with Crippen molar-refractivity contribution < 1.29 is 18.8 Å². The molecule has 0 N–H and O–H groups in total. The third-order valence-corrected chi connectivity index (χ3v) is 5.95. The zero-order valence-electron chi connectivity index (χ0n) is 17.2. The molecule has 0 saturated carbocycles. The minimum Gasteiger partial charge on any atom is -0.273 e.